The molecule has 53 heavy (non-hydrogen) atoms. The molecular weight excluding hydrogens is 647 g/mol. The Kier molecular flexibility index (Phi) is 8.14. The number of aromatic nitrogens is 4. The molecule has 9 rings (SSSR count). The number of hydrogen-bond acceptors (Lipinski definition) is 4. The fourth-order valence-electron chi connectivity index (χ4n) is 7.36. The van der Waals surface area contributed by atoms with Gasteiger partial charge in [-0.3, -0.25) is 0 Å². The van der Waals surface area contributed by atoms with Crippen molar-refractivity contribution in [1.82, 2.24) is 19.5 Å². The van der Waals surface area contributed by atoms with Crippen molar-refractivity contribution in [2.24, 2.45) is 0 Å². The molecular formula is C48H35N5. The minimum absolute atomic E-state index is 0.550. The largest absolute Gasteiger partial charge is 0.313 e. The van der Waals surface area contributed by atoms with Crippen molar-refractivity contribution < 1.29 is 0 Å². The van der Waals surface area contributed by atoms with Gasteiger partial charge in [0.05, 0.1) is 16.9 Å². The predicted molar refractivity (Wildman–Crippen MR) is 219 cm³/mol. The Bertz CT molecular complexity index is 2620. The first kappa shape index (κ1) is 31.8. The van der Waals surface area contributed by atoms with E-state index >= 15 is 0 Å². The number of hydrogen-bond donors (Lipinski definition) is 0. The number of allylic oxidation sites excluding steroid dienone is 5. The van der Waals surface area contributed by atoms with Crippen LogP contribution in [0.3, 0.4) is 0 Å². The molecule has 0 bridgehead atoms. The van der Waals surface area contributed by atoms with Crippen molar-refractivity contribution in [3.8, 4) is 39.7 Å². The van der Waals surface area contributed by atoms with E-state index in [-0.39, 0.29) is 0 Å². The van der Waals surface area contributed by atoms with Gasteiger partial charge in [-0.2, -0.15) is 0 Å². The van der Waals surface area contributed by atoms with Crippen molar-refractivity contribution >= 4 is 33.4 Å². The maximum Gasteiger partial charge on any atom is 0.164 e. The smallest absolute Gasteiger partial charge is 0.164 e. The van der Waals surface area contributed by atoms with Crippen LogP contribution in [0.5, 0.6) is 0 Å². The van der Waals surface area contributed by atoms with E-state index in [4.69, 9.17) is 15.0 Å². The summed E-state index contributed by atoms with van der Waals surface area (Å²) < 4.78 is 2.40. The summed E-state index contributed by atoms with van der Waals surface area (Å²) in [5, 5.41) is 1.15. The van der Waals surface area contributed by atoms with Crippen molar-refractivity contribution in [2.75, 3.05) is 4.90 Å². The molecule has 0 saturated carbocycles. The Labute approximate surface area is 309 Å². The topological polar surface area (TPSA) is 46.8 Å². The molecule has 0 unspecified atom stereocenters. The van der Waals surface area contributed by atoms with E-state index in [0.717, 1.165) is 72.8 Å². The van der Waals surface area contributed by atoms with E-state index in [9.17, 15) is 0 Å². The van der Waals surface area contributed by atoms with Gasteiger partial charge in [-0.05, 0) is 49.4 Å². The Morgan fingerprint density at radius 2 is 1.09 bits per heavy atom. The summed E-state index contributed by atoms with van der Waals surface area (Å²) in [6, 6.07) is 58.7. The van der Waals surface area contributed by atoms with Crippen molar-refractivity contribution in [3.63, 3.8) is 0 Å². The lowest BCUT2D eigenvalue weighted by Gasteiger charge is -2.28. The van der Waals surface area contributed by atoms with Crippen LogP contribution in [0, 0.1) is 0 Å². The molecule has 252 valence electrons. The SMILES string of the molecule is C=C/C(=C\C1=C(C)N(c2ccccc2)c2ccccc2-c2c1c1ccccc1n2-c1ccccc1)c1nc(-c2ccccc2)nc(-c2ccccc2)n1. The Balaban J connectivity index is 1.38. The molecule has 8 aromatic rings. The lowest BCUT2D eigenvalue weighted by atomic mass is 9.95. The number of rotatable bonds is 7. The summed E-state index contributed by atoms with van der Waals surface area (Å²) in [4.78, 5) is 17.5. The van der Waals surface area contributed by atoms with Crippen molar-refractivity contribution in [1.29, 1.82) is 0 Å². The minimum Gasteiger partial charge on any atom is -0.313 e. The summed E-state index contributed by atoms with van der Waals surface area (Å²) >= 11 is 0. The number of para-hydroxylation sites is 4. The van der Waals surface area contributed by atoms with Crippen LogP contribution in [0.15, 0.2) is 194 Å². The molecule has 5 nitrogen and oxygen atoms in total. The summed E-state index contributed by atoms with van der Waals surface area (Å²) in [7, 11) is 0. The third kappa shape index (κ3) is 5.65. The number of fused-ring (bicyclic) bond motifs is 5. The summed E-state index contributed by atoms with van der Waals surface area (Å²) in [5.41, 5.74) is 12.5. The number of benzene rings is 6. The van der Waals surface area contributed by atoms with Crippen molar-refractivity contribution in [3.05, 3.63) is 206 Å². The van der Waals surface area contributed by atoms with E-state index in [1.807, 2.05) is 66.7 Å². The quantitative estimate of drug-likeness (QED) is 0.157. The van der Waals surface area contributed by atoms with Crippen LogP contribution in [-0.2, 0) is 0 Å². The third-order valence-corrected chi connectivity index (χ3v) is 9.78. The Morgan fingerprint density at radius 1 is 0.566 bits per heavy atom. The first-order valence-corrected chi connectivity index (χ1v) is 17.8. The maximum atomic E-state index is 5.10. The molecule has 3 heterocycles. The molecule has 0 aliphatic carbocycles. The first-order chi connectivity index (χ1) is 26.2. The zero-order valence-corrected chi connectivity index (χ0v) is 29.3. The zero-order chi connectivity index (χ0) is 35.7. The summed E-state index contributed by atoms with van der Waals surface area (Å²) in [6.45, 7) is 6.54. The monoisotopic (exact) mass is 681 g/mol. The molecule has 2 aromatic heterocycles. The first-order valence-electron chi connectivity index (χ1n) is 17.8. The maximum absolute atomic E-state index is 5.10. The fourth-order valence-corrected chi connectivity index (χ4v) is 7.36. The zero-order valence-electron chi connectivity index (χ0n) is 29.3. The molecule has 1 aliphatic rings. The van der Waals surface area contributed by atoms with Gasteiger partial charge in [0.2, 0.25) is 0 Å². The molecule has 5 heteroatoms. The van der Waals surface area contributed by atoms with Crippen LogP contribution in [0.25, 0.3) is 61.8 Å². The second-order valence-corrected chi connectivity index (χ2v) is 12.9. The lowest BCUT2D eigenvalue weighted by molar-refractivity contribution is 1.04. The van der Waals surface area contributed by atoms with Crippen LogP contribution in [0.4, 0.5) is 11.4 Å². The fraction of sp³-hybridized carbons (Fsp3) is 0.0208. The molecule has 0 spiro atoms. The summed E-state index contributed by atoms with van der Waals surface area (Å²) in [5.74, 6) is 1.76. The average molecular weight is 682 g/mol. The van der Waals surface area contributed by atoms with Crippen LogP contribution in [0.1, 0.15) is 18.3 Å². The highest BCUT2D eigenvalue weighted by Crippen LogP contribution is 2.50. The lowest BCUT2D eigenvalue weighted by Crippen LogP contribution is -2.15. The Morgan fingerprint density at radius 3 is 1.72 bits per heavy atom. The second kappa shape index (κ2) is 13.5. The van der Waals surface area contributed by atoms with Gasteiger partial charge >= 0.3 is 0 Å². The van der Waals surface area contributed by atoms with E-state index in [0.29, 0.717) is 17.5 Å². The van der Waals surface area contributed by atoms with Crippen LogP contribution < -0.4 is 4.90 Å². The highest BCUT2D eigenvalue weighted by atomic mass is 15.2. The van der Waals surface area contributed by atoms with Gasteiger partial charge < -0.3 is 9.47 Å². The molecule has 0 radical (unpaired) electrons. The molecule has 0 amide bonds. The number of anilines is 2. The average Bonchev–Trinajstić information content (AvgIpc) is 3.52. The van der Waals surface area contributed by atoms with Gasteiger partial charge in [-0.1, -0.05) is 146 Å². The second-order valence-electron chi connectivity index (χ2n) is 12.9. The minimum atomic E-state index is 0.550. The van der Waals surface area contributed by atoms with E-state index < -0.39 is 0 Å². The van der Waals surface area contributed by atoms with Crippen molar-refractivity contribution in [2.45, 2.75) is 6.92 Å². The van der Waals surface area contributed by atoms with E-state index in [1.165, 1.54) is 0 Å². The summed E-state index contributed by atoms with van der Waals surface area (Å²) in [6.07, 6.45) is 4.07. The highest BCUT2D eigenvalue weighted by Gasteiger charge is 2.31. The van der Waals surface area contributed by atoms with Gasteiger partial charge in [0.15, 0.2) is 17.5 Å². The molecule has 0 saturated heterocycles. The highest BCUT2D eigenvalue weighted by molar-refractivity contribution is 6.10. The third-order valence-electron chi connectivity index (χ3n) is 9.78. The van der Waals surface area contributed by atoms with Crippen LogP contribution in [0.2, 0.25) is 0 Å². The Hall–Kier alpha value is -7.11. The normalized spacial score (nSPS) is 12.7. The van der Waals surface area contributed by atoms with Gasteiger partial charge in [0.25, 0.3) is 0 Å². The molecule has 6 aromatic carbocycles. The predicted octanol–water partition coefficient (Wildman–Crippen LogP) is 12.0. The van der Waals surface area contributed by atoms with Crippen LogP contribution >= 0.6 is 0 Å². The standard InChI is InChI=1S/C48H35N5/c1-3-34(46-49-47(35-20-8-4-9-21-35)51-48(50-46)36-22-10-5-11-23-36)32-41-33(2)52(37-24-12-6-13-25-37)43-31-19-17-29-40(43)45-44(41)39-28-16-18-30-42(39)53(45)38-26-14-7-15-27-38/h3-32H,1H2,2H3/b34-32+. The molecule has 0 N–H and O–H groups in total. The molecule has 0 fully saturated rings. The van der Waals surface area contributed by atoms with Gasteiger partial charge in [-0.15, -0.1) is 0 Å². The molecule has 0 atom stereocenters. The molecule has 1 aliphatic heterocycles. The van der Waals surface area contributed by atoms with Gasteiger partial charge in [0, 0.05) is 55.9 Å². The van der Waals surface area contributed by atoms with E-state index in [1.54, 1.807) is 0 Å². The van der Waals surface area contributed by atoms with Gasteiger partial charge in [-0.25, -0.2) is 15.0 Å². The number of nitrogens with zero attached hydrogens (tertiary/aromatic N) is 5. The van der Waals surface area contributed by atoms with E-state index in [2.05, 4.69) is 138 Å². The van der Waals surface area contributed by atoms with Gasteiger partial charge in [0.1, 0.15) is 0 Å². The van der Waals surface area contributed by atoms with Crippen LogP contribution in [-0.4, -0.2) is 19.5 Å².